The third kappa shape index (κ3) is 3.13. The first-order valence-corrected chi connectivity index (χ1v) is 7.95. The molecule has 3 rings (SSSR count). The molecule has 1 heterocycles. The van der Waals surface area contributed by atoms with Crippen molar-refractivity contribution in [2.45, 2.75) is 25.9 Å². The molecule has 2 unspecified atom stereocenters. The third-order valence-electron chi connectivity index (χ3n) is 4.59. The van der Waals surface area contributed by atoms with Crippen LogP contribution < -0.4 is 5.73 Å². The minimum absolute atomic E-state index is 0.00724. The fraction of sp³-hybridized carbons (Fsp3) is 0.316. The first-order chi connectivity index (χ1) is 11.1. The van der Waals surface area contributed by atoms with Crippen molar-refractivity contribution < 1.29 is 9.18 Å². The van der Waals surface area contributed by atoms with Gasteiger partial charge in [0.05, 0.1) is 6.04 Å². The van der Waals surface area contributed by atoms with Crippen LogP contribution in [0.15, 0.2) is 48.5 Å². The molecule has 0 aliphatic carbocycles. The van der Waals surface area contributed by atoms with Crippen molar-refractivity contribution in [3.8, 4) is 0 Å². The third-order valence-corrected chi connectivity index (χ3v) is 4.59. The summed E-state index contributed by atoms with van der Waals surface area (Å²) in [5.74, 6) is 0.0394. The molecule has 3 nitrogen and oxygen atoms in total. The molecule has 0 aromatic heterocycles. The molecule has 1 aliphatic heterocycles. The number of amides is 1. The molecule has 1 aliphatic rings. The van der Waals surface area contributed by atoms with Crippen molar-refractivity contribution in [3.05, 3.63) is 71.0 Å². The Balaban J connectivity index is 1.89. The van der Waals surface area contributed by atoms with E-state index in [-0.39, 0.29) is 17.8 Å². The van der Waals surface area contributed by atoms with E-state index in [1.54, 1.807) is 6.07 Å². The van der Waals surface area contributed by atoms with E-state index >= 15 is 0 Å². The molecule has 0 saturated carbocycles. The molecule has 1 fully saturated rings. The number of halogens is 1. The van der Waals surface area contributed by atoms with Crippen LogP contribution in [0.5, 0.6) is 0 Å². The van der Waals surface area contributed by atoms with Crippen molar-refractivity contribution in [1.82, 2.24) is 4.90 Å². The normalized spacial score (nSPS) is 20.7. The molecule has 0 radical (unpaired) electrons. The van der Waals surface area contributed by atoms with E-state index in [1.165, 1.54) is 12.1 Å². The molecule has 4 heteroatoms. The molecule has 0 bridgehead atoms. The number of likely N-dealkylation sites (tertiary alicyclic amines) is 1. The summed E-state index contributed by atoms with van der Waals surface area (Å²) in [5.41, 5.74) is 8.11. The van der Waals surface area contributed by atoms with Crippen molar-refractivity contribution in [2.75, 3.05) is 6.54 Å². The number of carbonyl (C=O) groups excluding carboxylic acids is 1. The standard InChI is InChI=1S/C19H21FN2O/c1-13-9-10-22(18(13)16-3-2-4-17(20)11-16)19(23)15-7-5-14(12-21)6-8-15/h2-8,11,13,18H,9-10,12,21H2,1H3. The summed E-state index contributed by atoms with van der Waals surface area (Å²) >= 11 is 0. The van der Waals surface area contributed by atoms with E-state index < -0.39 is 0 Å². The van der Waals surface area contributed by atoms with Gasteiger partial charge in [-0.2, -0.15) is 0 Å². The van der Waals surface area contributed by atoms with Gasteiger partial charge >= 0.3 is 0 Å². The molecule has 2 N–H and O–H groups in total. The number of carbonyl (C=O) groups is 1. The number of rotatable bonds is 3. The van der Waals surface area contributed by atoms with Crippen LogP contribution in [0.2, 0.25) is 0 Å². The molecule has 1 amide bonds. The molecule has 2 aromatic carbocycles. The lowest BCUT2D eigenvalue weighted by Gasteiger charge is -2.27. The minimum Gasteiger partial charge on any atom is -0.331 e. The van der Waals surface area contributed by atoms with Gasteiger partial charge in [-0.05, 0) is 47.7 Å². The van der Waals surface area contributed by atoms with Crippen molar-refractivity contribution in [1.29, 1.82) is 0 Å². The Kier molecular flexibility index (Phi) is 4.44. The van der Waals surface area contributed by atoms with Crippen molar-refractivity contribution in [2.24, 2.45) is 11.7 Å². The second-order valence-electron chi connectivity index (χ2n) is 6.17. The van der Waals surface area contributed by atoms with Gasteiger partial charge in [0.2, 0.25) is 0 Å². The fourth-order valence-corrected chi connectivity index (χ4v) is 3.32. The number of hydrogen-bond donors (Lipinski definition) is 1. The first-order valence-electron chi connectivity index (χ1n) is 7.95. The maximum Gasteiger partial charge on any atom is 0.254 e. The SMILES string of the molecule is CC1CCN(C(=O)c2ccc(CN)cc2)C1c1cccc(F)c1. The molecule has 2 atom stereocenters. The van der Waals surface area contributed by atoms with Gasteiger partial charge < -0.3 is 10.6 Å². The highest BCUT2D eigenvalue weighted by atomic mass is 19.1. The molecule has 120 valence electrons. The number of hydrogen-bond acceptors (Lipinski definition) is 2. The van der Waals surface area contributed by atoms with E-state index in [0.29, 0.717) is 24.6 Å². The molecular formula is C19H21FN2O. The Labute approximate surface area is 135 Å². The quantitative estimate of drug-likeness (QED) is 0.943. The monoisotopic (exact) mass is 312 g/mol. The molecule has 1 saturated heterocycles. The van der Waals surface area contributed by atoms with Gasteiger partial charge in [-0.15, -0.1) is 0 Å². The number of nitrogens with zero attached hydrogens (tertiary/aromatic N) is 1. The molecule has 23 heavy (non-hydrogen) atoms. The summed E-state index contributed by atoms with van der Waals surface area (Å²) in [6, 6.07) is 13.9. The lowest BCUT2D eigenvalue weighted by molar-refractivity contribution is 0.0720. The number of nitrogens with two attached hydrogens (primary N) is 1. The van der Waals surface area contributed by atoms with Crippen LogP contribution in [0.3, 0.4) is 0 Å². The fourth-order valence-electron chi connectivity index (χ4n) is 3.32. The number of benzene rings is 2. The summed E-state index contributed by atoms with van der Waals surface area (Å²) in [6.07, 6.45) is 0.924. The van der Waals surface area contributed by atoms with Gasteiger partial charge in [0.25, 0.3) is 5.91 Å². The Morgan fingerprint density at radius 1 is 1.26 bits per heavy atom. The van der Waals surface area contributed by atoms with Gasteiger partial charge in [-0.3, -0.25) is 4.79 Å². The van der Waals surface area contributed by atoms with Crippen LogP contribution in [0.4, 0.5) is 4.39 Å². The van der Waals surface area contributed by atoms with E-state index in [4.69, 9.17) is 5.73 Å². The van der Waals surface area contributed by atoms with Crippen molar-refractivity contribution in [3.63, 3.8) is 0 Å². The highest BCUT2D eigenvalue weighted by Crippen LogP contribution is 2.38. The summed E-state index contributed by atoms with van der Waals surface area (Å²) in [7, 11) is 0. The van der Waals surface area contributed by atoms with E-state index in [9.17, 15) is 9.18 Å². The zero-order chi connectivity index (χ0) is 16.4. The predicted octanol–water partition coefficient (Wildman–Crippen LogP) is 3.51. The highest BCUT2D eigenvalue weighted by molar-refractivity contribution is 5.94. The Morgan fingerprint density at radius 2 is 2.00 bits per heavy atom. The summed E-state index contributed by atoms with van der Waals surface area (Å²) in [5, 5.41) is 0. The first kappa shape index (κ1) is 15.7. The Morgan fingerprint density at radius 3 is 2.65 bits per heavy atom. The van der Waals surface area contributed by atoms with Crippen LogP contribution in [-0.4, -0.2) is 17.4 Å². The second kappa shape index (κ2) is 6.50. The van der Waals surface area contributed by atoms with Crippen LogP contribution in [-0.2, 0) is 6.54 Å². The van der Waals surface area contributed by atoms with Gasteiger partial charge in [0.1, 0.15) is 5.82 Å². The average Bonchev–Trinajstić information content (AvgIpc) is 2.96. The topological polar surface area (TPSA) is 46.3 Å². The largest absolute Gasteiger partial charge is 0.331 e. The molecule has 2 aromatic rings. The van der Waals surface area contributed by atoms with E-state index in [2.05, 4.69) is 6.92 Å². The van der Waals surface area contributed by atoms with Gasteiger partial charge in [0.15, 0.2) is 0 Å². The smallest absolute Gasteiger partial charge is 0.254 e. The summed E-state index contributed by atoms with van der Waals surface area (Å²) in [6.45, 7) is 3.27. The molecule has 0 spiro atoms. The Hall–Kier alpha value is -2.20. The maximum atomic E-state index is 13.6. The van der Waals surface area contributed by atoms with Gasteiger partial charge in [-0.1, -0.05) is 31.2 Å². The highest BCUT2D eigenvalue weighted by Gasteiger charge is 2.36. The lowest BCUT2D eigenvalue weighted by Crippen LogP contribution is -2.31. The zero-order valence-corrected chi connectivity index (χ0v) is 13.2. The van der Waals surface area contributed by atoms with Crippen LogP contribution >= 0.6 is 0 Å². The zero-order valence-electron chi connectivity index (χ0n) is 13.2. The van der Waals surface area contributed by atoms with Gasteiger partial charge in [-0.25, -0.2) is 4.39 Å². The minimum atomic E-state index is -0.263. The Bertz CT molecular complexity index is 699. The summed E-state index contributed by atoms with van der Waals surface area (Å²) < 4.78 is 13.6. The molecular weight excluding hydrogens is 291 g/mol. The second-order valence-corrected chi connectivity index (χ2v) is 6.17. The van der Waals surface area contributed by atoms with E-state index in [1.807, 2.05) is 35.2 Å². The van der Waals surface area contributed by atoms with Crippen molar-refractivity contribution >= 4 is 5.91 Å². The van der Waals surface area contributed by atoms with Crippen LogP contribution in [0.1, 0.15) is 40.9 Å². The van der Waals surface area contributed by atoms with Crippen LogP contribution in [0.25, 0.3) is 0 Å². The summed E-state index contributed by atoms with van der Waals surface area (Å²) in [4.78, 5) is 14.7. The van der Waals surface area contributed by atoms with Gasteiger partial charge in [0, 0.05) is 18.7 Å². The average molecular weight is 312 g/mol. The predicted molar refractivity (Wildman–Crippen MR) is 88.3 cm³/mol. The lowest BCUT2D eigenvalue weighted by atomic mass is 9.95. The van der Waals surface area contributed by atoms with E-state index in [0.717, 1.165) is 17.5 Å². The maximum absolute atomic E-state index is 13.6. The van der Waals surface area contributed by atoms with Crippen LogP contribution in [0, 0.1) is 11.7 Å².